The molecule has 1 aromatic rings. The molecule has 0 spiro atoms. The molecule has 2 saturated heterocycles. The SMILES string of the molecule is CC(C)N1CCC(NC(=O)CN2C(=O)c3ccccc3N3C(=O)CCC23C)CC1. The van der Waals surface area contributed by atoms with Gasteiger partial charge < -0.3 is 15.1 Å². The number of para-hydroxylation sites is 1. The van der Waals surface area contributed by atoms with Crippen LogP contribution in [0.1, 0.15) is 56.8 Å². The highest BCUT2D eigenvalue weighted by molar-refractivity contribution is 6.11. The van der Waals surface area contributed by atoms with E-state index in [1.807, 2.05) is 19.1 Å². The van der Waals surface area contributed by atoms with E-state index in [1.54, 1.807) is 21.9 Å². The summed E-state index contributed by atoms with van der Waals surface area (Å²) >= 11 is 0. The Labute approximate surface area is 172 Å². The van der Waals surface area contributed by atoms with Gasteiger partial charge in [-0.05, 0) is 52.2 Å². The van der Waals surface area contributed by atoms with Crippen LogP contribution in [0.2, 0.25) is 0 Å². The molecule has 1 aromatic carbocycles. The summed E-state index contributed by atoms with van der Waals surface area (Å²) in [5.74, 6) is -0.334. The van der Waals surface area contributed by atoms with Crippen molar-refractivity contribution in [2.75, 3.05) is 24.5 Å². The van der Waals surface area contributed by atoms with Crippen LogP contribution >= 0.6 is 0 Å². The van der Waals surface area contributed by atoms with Crippen LogP contribution in [0.25, 0.3) is 0 Å². The molecule has 2 fully saturated rings. The lowest BCUT2D eigenvalue weighted by atomic mass is 9.98. The third-order valence-electron chi connectivity index (χ3n) is 6.67. The number of nitrogens with zero attached hydrogens (tertiary/aromatic N) is 3. The second-order valence-electron chi connectivity index (χ2n) is 8.83. The zero-order chi connectivity index (χ0) is 20.8. The lowest BCUT2D eigenvalue weighted by molar-refractivity contribution is -0.124. The van der Waals surface area contributed by atoms with Gasteiger partial charge in [-0.15, -0.1) is 0 Å². The summed E-state index contributed by atoms with van der Waals surface area (Å²) in [6.07, 6.45) is 2.75. The maximum Gasteiger partial charge on any atom is 0.258 e. The molecule has 3 amide bonds. The van der Waals surface area contributed by atoms with Crippen molar-refractivity contribution < 1.29 is 14.4 Å². The molecular weight excluding hydrogens is 368 g/mol. The van der Waals surface area contributed by atoms with Crippen molar-refractivity contribution in [3.8, 4) is 0 Å². The van der Waals surface area contributed by atoms with E-state index >= 15 is 0 Å². The largest absolute Gasteiger partial charge is 0.352 e. The number of benzene rings is 1. The molecule has 0 aromatic heterocycles. The van der Waals surface area contributed by atoms with Gasteiger partial charge in [0.15, 0.2) is 0 Å². The van der Waals surface area contributed by atoms with E-state index < -0.39 is 5.66 Å². The van der Waals surface area contributed by atoms with Crippen LogP contribution in [0.3, 0.4) is 0 Å². The lowest BCUT2D eigenvalue weighted by Gasteiger charge is -2.48. The van der Waals surface area contributed by atoms with Crippen LogP contribution in [0, 0.1) is 0 Å². The normalized spacial score (nSPS) is 25.4. The second kappa shape index (κ2) is 7.44. The molecule has 0 bridgehead atoms. The number of likely N-dealkylation sites (tertiary alicyclic amines) is 1. The Morgan fingerprint density at radius 2 is 1.90 bits per heavy atom. The second-order valence-corrected chi connectivity index (χ2v) is 8.83. The number of carbonyl (C=O) groups excluding carboxylic acids is 3. The summed E-state index contributed by atoms with van der Waals surface area (Å²) in [5.41, 5.74) is 0.347. The van der Waals surface area contributed by atoms with Crippen molar-refractivity contribution in [2.45, 2.75) is 64.2 Å². The fourth-order valence-electron chi connectivity index (χ4n) is 4.92. The van der Waals surface area contributed by atoms with Gasteiger partial charge in [-0.3, -0.25) is 19.3 Å². The molecule has 7 nitrogen and oxygen atoms in total. The molecule has 4 rings (SSSR count). The average Bonchev–Trinajstić information content (AvgIpc) is 3.01. The lowest BCUT2D eigenvalue weighted by Crippen LogP contribution is -2.64. The number of anilines is 1. The Hall–Kier alpha value is -2.41. The Bertz CT molecular complexity index is 831. The zero-order valence-corrected chi connectivity index (χ0v) is 17.5. The first-order valence-electron chi connectivity index (χ1n) is 10.6. The molecule has 3 aliphatic heterocycles. The third-order valence-corrected chi connectivity index (χ3v) is 6.67. The monoisotopic (exact) mass is 398 g/mol. The maximum atomic E-state index is 13.2. The first kappa shape index (κ1) is 19.9. The Morgan fingerprint density at radius 1 is 1.21 bits per heavy atom. The van der Waals surface area contributed by atoms with Crippen molar-refractivity contribution in [2.24, 2.45) is 0 Å². The average molecular weight is 399 g/mol. The maximum absolute atomic E-state index is 13.2. The van der Waals surface area contributed by atoms with Crippen LogP contribution in [-0.4, -0.2) is 64.9 Å². The number of fused-ring (bicyclic) bond motifs is 3. The van der Waals surface area contributed by atoms with Crippen molar-refractivity contribution in [3.05, 3.63) is 29.8 Å². The van der Waals surface area contributed by atoms with E-state index in [2.05, 4.69) is 24.1 Å². The number of carbonyl (C=O) groups is 3. The van der Waals surface area contributed by atoms with E-state index in [0.717, 1.165) is 25.9 Å². The summed E-state index contributed by atoms with van der Waals surface area (Å²) in [5, 5.41) is 3.12. The van der Waals surface area contributed by atoms with Crippen molar-refractivity contribution in [1.29, 1.82) is 0 Å². The van der Waals surface area contributed by atoms with E-state index in [9.17, 15) is 14.4 Å². The molecule has 156 valence electrons. The zero-order valence-electron chi connectivity index (χ0n) is 17.5. The van der Waals surface area contributed by atoms with Crippen molar-refractivity contribution >= 4 is 23.4 Å². The van der Waals surface area contributed by atoms with Gasteiger partial charge in [0.25, 0.3) is 5.91 Å². The van der Waals surface area contributed by atoms with Gasteiger partial charge in [-0.1, -0.05) is 12.1 Å². The van der Waals surface area contributed by atoms with Gasteiger partial charge in [-0.2, -0.15) is 0 Å². The van der Waals surface area contributed by atoms with Gasteiger partial charge in [0, 0.05) is 31.6 Å². The Balaban J connectivity index is 1.49. The minimum atomic E-state index is -0.791. The minimum Gasteiger partial charge on any atom is -0.352 e. The van der Waals surface area contributed by atoms with E-state index in [4.69, 9.17) is 0 Å². The molecule has 1 atom stereocenters. The van der Waals surface area contributed by atoms with E-state index in [-0.39, 0.29) is 30.3 Å². The highest BCUT2D eigenvalue weighted by atomic mass is 16.2. The molecule has 29 heavy (non-hydrogen) atoms. The molecule has 1 N–H and O–H groups in total. The molecule has 1 unspecified atom stereocenters. The van der Waals surface area contributed by atoms with Crippen LogP contribution < -0.4 is 10.2 Å². The molecule has 7 heteroatoms. The van der Waals surface area contributed by atoms with Crippen molar-refractivity contribution in [1.82, 2.24) is 15.1 Å². The van der Waals surface area contributed by atoms with Gasteiger partial charge in [0.2, 0.25) is 11.8 Å². The van der Waals surface area contributed by atoms with Gasteiger partial charge in [0.1, 0.15) is 12.2 Å². The molecule has 3 aliphatic rings. The van der Waals surface area contributed by atoms with E-state index in [0.29, 0.717) is 30.1 Å². The van der Waals surface area contributed by atoms with Crippen LogP contribution in [-0.2, 0) is 9.59 Å². The fraction of sp³-hybridized carbons (Fsp3) is 0.591. The quantitative estimate of drug-likeness (QED) is 0.842. The molecular formula is C22H30N4O3. The summed E-state index contributed by atoms with van der Waals surface area (Å²) in [4.78, 5) is 44.4. The summed E-state index contributed by atoms with van der Waals surface area (Å²) in [6.45, 7) is 8.18. The number of hydrogen-bond donors (Lipinski definition) is 1. The van der Waals surface area contributed by atoms with Gasteiger partial charge >= 0.3 is 0 Å². The number of hydrogen-bond acceptors (Lipinski definition) is 4. The molecule has 0 radical (unpaired) electrons. The highest BCUT2D eigenvalue weighted by Crippen LogP contribution is 2.43. The van der Waals surface area contributed by atoms with Crippen LogP contribution in [0.15, 0.2) is 24.3 Å². The molecule has 0 aliphatic carbocycles. The van der Waals surface area contributed by atoms with Gasteiger partial charge in [-0.25, -0.2) is 0 Å². The first-order valence-corrected chi connectivity index (χ1v) is 10.6. The fourth-order valence-corrected chi connectivity index (χ4v) is 4.92. The number of piperidine rings is 1. The Kier molecular flexibility index (Phi) is 5.11. The van der Waals surface area contributed by atoms with Crippen LogP contribution in [0.4, 0.5) is 5.69 Å². The first-order chi connectivity index (χ1) is 13.8. The summed E-state index contributed by atoms with van der Waals surface area (Å²) < 4.78 is 0. The standard InChI is InChI=1S/C22H30N4O3/c1-15(2)24-12-9-16(10-13-24)23-19(27)14-25-21(29)17-6-4-5-7-18(17)26-20(28)8-11-22(25,26)3/h4-7,15-16H,8-14H2,1-3H3,(H,23,27). The topological polar surface area (TPSA) is 73.0 Å². The summed E-state index contributed by atoms with van der Waals surface area (Å²) in [6, 6.07) is 7.83. The molecule has 3 heterocycles. The third kappa shape index (κ3) is 3.41. The summed E-state index contributed by atoms with van der Waals surface area (Å²) in [7, 11) is 0. The highest BCUT2D eigenvalue weighted by Gasteiger charge is 2.53. The predicted octanol–water partition coefficient (Wildman–Crippen LogP) is 1.97. The number of amides is 3. The molecule has 0 saturated carbocycles. The van der Waals surface area contributed by atoms with Gasteiger partial charge in [0.05, 0.1) is 11.3 Å². The van der Waals surface area contributed by atoms with Crippen molar-refractivity contribution in [3.63, 3.8) is 0 Å². The van der Waals surface area contributed by atoms with E-state index in [1.165, 1.54) is 0 Å². The smallest absolute Gasteiger partial charge is 0.258 e. The number of rotatable bonds is 4. The predicted molar refractivity (Wildman–Crippen MR) is 110 cm³/mol. The van der Waals surface area contributed by atoms with Crippen LogP contribution in [0.5, 0.6) is 0 Å². The Morgan fingerprint density at radius 3 is 2.59 bits per heavy atom. The number of nitrogens with one attached hydrogen (secondary N) is 1. The minimum absolute atomic E-state index is 0.00100.